The summed E-state index contributed by atoms with van der Waals surface area (Å²) in [5.74, 6) is 1.05. The number of H-pyrrole nitrogens is 1. The van der Waals surface area contributed by atoms with Crippen LogP contribution in [0.5, 0.6) is 11.5 Å². The Morgan fingerprint density at radius 2 is 1.91 bits per heavy atom. The van der Waals surface area contributed by atoms with Crippen molar-refractivity contribution in [2.45, 2.75) is 46.2 Å². The molecule has 0 radical (unpaired) electrons. The number of aromatic amines is 1. The molecule has 0 bridgehead atoms. The lowest BCUT2D eigenvalue weighted by atomic mass is 10.2. The van der Waals surface area contributed by atoms with Crippen LogP contribution in [0.4, 0.5) is 0 Å². The van der Waals surface area contributed by atoms with Crippen LogP contribution in [-0.4, -0.2) is 33.7 Å². The first-order valence-corrected chi connectivity index (χ1v) is 11.2. The highest BCUT2D eigenvalue weighted by molar-refractivity contribution is 7.71. The number of rotatable bonds is 11. The Balaban J connectivity index is 1.64. The first-order chi connectivity index (χ1) is 15.5. The largest absolute Gasteiger partial charge is 0.490 e. The molecule has 2 N–H and O–H groups in total. The van der Waals surface area contributed by atoms with Gasteiger partial charge in [-0.05, 0) is 57.1 Å². The molecule has 3 rings (SSSR count). The lowest BCUT2D eigenvalue weighted by Gasteiger charge is -2.13. The molecule has 0 saturated heterocycles. The summed E-state index contributed by atoms with van der Waals surface area (Å²) in [5, 5.41) is 3.34. The molecule has 1 aromatic carbocycles. The fraction of sp³-hybridized carbons (Fsp3) is 0.391. The van der Waals surface area contributed by atoms with E-state index in [0.717, 1.165) is 5.69 Å². The SMILES string of the molecule is CCOc1cc2[nH]c(=S)n(CCCCC(=O)NCc3ccccn3)c(=O)c2cc1OCC. The van der Waals surface area contributed by atoms with Gasteiger partial charge in [0.2, 0.25) is 5.91 Å². The fourth-order valence-electron chi connectivity index (χ4n) is 3.34. The Morgan fingerprint density at radius 3 is 2.59 bits per heavy atom. The van der Waals surface area contributed by atoms with Crippen LogP contribution in [-0.2, 0) is 17.9 Å². The van der Waals surface area contributed by atoms with Gasteiger partial charge >= 0.3 is 0 Å². The van der Waals surface area contributed by atoms with Gasteiger partial charge < -0.3 is 19.8 Å². The molecule has 32 heavy (non-hydrogen) atoms. The lowest BCUT2D eigenvalue weighted by Crippen LogP contribution is -2.24. The minimum Gasteiger partial charge on any atom is -0.490 e. The molecule has 0 atom stereocenters. The first kappa shape index (κ1) is 23.5. The van der Waals surface area contributed by atoms with Gasteiger partial charge in [-0.3, -0.25) is 19.1 Å². The van der Waals surface area contributed by atoms with Crippen molar-refractivity contribution >= 4 is 29.0 Å². The molecule has 9 heteroatoms. The van der Waals surface area contributed by atoms with Gasteiger partial charge in [0.1, 0.15) is 0 Å². The lowest BCUT2D eigenvalue weighted by molar-refractivity contribution is -0.121. The molecule has 3 aromatic rings. The zero-order valence-electron chi connectivity index (χ0n) is 18.3. The van der Waals surface area contributed by atoms with Crippen molar-refractivity contribution in [1.82, 2.24) is 19.9 Å². The van der Waals surface area contributed by atoms with Crippen LogP contribution in [0.1, 0.15) is 38.8 Å². The van der Waals surface area contributed by atoms with Crippen LogP contribution in [0.2, 0.25) is 0 Å². The second kappa shape index (κ2) is 11.4. The second-order valence-corrected chi connectivity index (χ2v) is 7.54. The van der Waals surface area contributed by atoms with Gasteiger partial charge in [-0.15, -0.1) is 0 Å². The van der Waals surface area contributed by atoms with Gasteiger partial charge in [0, 0.05) is 25.2 Å². The van der Waals surface area contributed by atoms with Gasteiger partial charge in [-0.2, -0.15) is 0 Å². The van der Waals surface area contributed by atoms with E-state index in [1.54, 1.807) is 18.3 Å². The van der Waals surface area contributed by atoms with E-state index >= 15 is 0 Å². The Kier molecular flexibility index (Phi) is 8.38. The maximum absolute atomic E-state index is 13.1. The smallest absolute Gasteiger partial charge is 0.262 e. The predicted molar refractivity (Wildman–Crippen MR) is 126 cm³/mol. The van der Waals surface area contributed by atoms with Crippen molar-refractivity contribution in [2.75, 3.05) is 13.2 Å². The normalized spacial score (nSPS) is 10.8. The van der Waals surface area contributed by atoms with Gasteiger partial charge in [0.15, 0.2) is 16.3 Å². The van der Waals surface area contributed by atoms with Gasteiger partial charge in [0.25, 0.3) is 5.56 Å². The van der Waals surface area contributed by atoms with Crippen molar-refractivity contribution in [3.8, 4) is 11.5 Å². The zero-order valence-corrected chi connectivity index (χ0v) is 19.2. The molecule has 2 heterocycles. The molecule has 0 aliphatic heterocycles. The van der Waals surface area contributed by atoms with Crippen LogP contribution in [0.3, 0.4) is 0 Å². The molecule has 0 aliphatic rings. The van der Waals surface area contributed by atoms with Crippen LogP contribution < -0.4 is 20.3 Å². The van der Waals surface area contributed by atoms with Crippen molar-refractivity contribution in [2.24, 2.45) is 0 Å². The topological polar surface area (TPSA) is 98.2 Å². The highest BCUT2D eigenvalue weighted by Crippen LogP contribution is 2.30. The number of unbranched alkanes of at least 4 members (excludes halogenated alkanes) is 1. The van der Waals surface area contributed by atoms with E-state index in [-0.39, 0.29) is 11.5 Å². The minimum absolute atomic E-state index is 0.0449. The summed E-state index contributed by atoms with van der Waals surface area (Å²) in [4.78, 5) is 32.4. The maximum atomic E-state index is 13.1. The average Bonchev–Trinajstić information content (AvgIpc) is 2.79. The summed E-state index contributed by atoms with van der Waals surface area (Å²) in [6, 6.07) is 9.02. The summed E-state index contributed by atoms with van der Waals surface area (Å²) < 4.78 is 13.1. The van der Waals surface area contributed by atoms with Crippen LogP contribution in [0.25, 0.3) is 10.9 Å². The molecule has 1 amide bonds. The second-order valence-electron chi connectivity index (χ2n) is 7.15. The summed E-state index contributed by atoms with van der Waals surface area (Å²) in [7, 11) is 0. The van der Waals surface area contributed by atoms with E-state index in [1.165, 1.54) is 4.57 Å². The maximum Gasteiger partial charge on any atom is 0.262 e. The number of hydrogen-bond acceptors (Lipinski definition) is 6. The van der Waals surface area contributed by atoms with Crippen LogP contribution in [0, 0.1) is 4.77 Å². The molecule has 0 spiro atoms. The Morgan fingerprint density at radius 1 is 1.16 bits per heavy atom. The van der Waals surface area contributed by atoms with E-state index < -0.39 is 0 Å². The molecular weight excluding hydrogens is 428 g/mol. The number of aromatic nitrogens is 3. The molecule has 0 aliphatic carbocycles. The number of carbonyl (C=O) groups is 1. The summed E-state index contributed by atoms with van der Waals surface area (Å²) in [6.07, 6.45) is 3.36. The Labute approximate surface area is 191 Å². The van der Waals surface area contributed by atoms with Crippen molar-refractivity contribution in [1.29, 1.82) is 0 Å². The van der Waals surface area contributed by atoms with Gasteiger partial charge in [-0.1, -0.05) is 6.07 Å². The number of hydrogen-bond donors (Lipinski definition) is 2. The highest BCUT2D eigenvalue weighted by atomic mass is 32.1. The first-order valence-electron chi connectivity index (χ1n) is 10.8. The molecule has 170 valence electrons. The fourth-order valence-corrected chi connectivity index (χ4v) is 3.62. The predicted octanol–water partition coefficient (Wildman–Crippen LogP) is 3.74. The Bertz CT molecular complexity index is 1170. The van der Waals surface area contributed by atoms with E-state index in [4.69, 9.17) is 21.7 Å². The van der Waals surface area contributed by atoms with Gasteiger partial charge in [0.05, 0.1) is 36.4 Å². The molecular formula is C23H28N4O4S. The molecule has 0 unspecified atom stereocenters. The standard InChI is InChI=1S/C23H28N4O4S/c1-3-30-19-13-17-18(14-20(19)31-4-2)26-23(32)27(22(17)29)12-8-6-10-21(28)25-15-16-9-5-7-11-24-16/h5,7,9,11,13-14H,3-4,6,8,10,12,15H2,1-2H3,(H,25,28)(H,26,32). The molecule has 0 saturated carbocycles. The van der Waals surface area contributed by atoms with E-state index in [0.29, 0.717) is 72.7 Å². The molecule has 2 aromatic heterocycles. The quantitative estimate of drug-likeness (QED) is 0.337. The summed E-state index contributed by atoms with van der Waals surface area (Å²) in [5.41, 5.74) is 1.23. The van der Waals surface area contributed by atoms with Gasteiger partial charge in [-0.25, -0.2) is 0 Å². The number of nitrogens with one attached hydrogen (secondary N) is 2. The molecule has 0 fully saturated rings. The third-order valence-corrected chi connectivity index (χ3v) is 5.20. The molecule has 8 nitrogen and oxygen atoms in total. The number of amides is 1. The third kappa shape index (κ3) is 5.94. The average molecular weight is 457 g/mol. The van der Waals surface area contributed by atoms with Crippen molar-refractivity contribution in [3.63, 3.8) is 0 Å². The highest BCUT2D eigenvalue weighted by Gasteiger charge is 2.13. The number of pyridine rings is 1. The summed E-state index contributed by atoms with van der Waals surface area (Å²) in [6.45, 7) is 5.54. The minimum atomic E-state index is -0.188. The number of benzene rings is 1. The van der Waals surface area contributed by atoms with Crippen LogP contribution in [0.15, 0.2) is 41.3 Å². The third-order valence-electron chi connectivity index (χ3n) is 4.87. The summed E-state index contributed by atoms with van der Waals surface area (Å²) >= 11 is 5.40. The monoisotopic (exact) mass is 456 g/mol. The van der Waals surface area contributed by atoms with Crippen molar-refractivity contribution < 1.29 is 14.3 Å². The number of carbonyl (C=O) groups excluding carboxylic acids is 1. The Hall–Kier alpha value is -3.20. The number of nitrogens with zero attached hydrogens (tertiary/aromatic N) is 2. The van der Waals surface area contributed by atoms with E-state index in [1.807, 2.05) is 32.0 Å². The van der Waals surface area contributed by atoms with Crippen molar-refractivity contribution in [3.05, 3.63) is 57.3 Å². The number of ether oxygens (including phenoxy) is 2. The number of fused-ring (bicyclic) bond motifs is 1. The van der Waals surface area contributed by atoms with E-state index in [9.17, 15) is 9.59 Å². The van der Waals surface area contributed by atoms with E-state index in [2.05, 4.69) is 15.3 Å². The zero-order chi connectivity index (χ0) is 22.9. The van der Waals surface area contributed by atoms with Crippen LogP contribution >= 0.6 is 12.2 Å².